The molecule has 2 aliphatic rings. The number of hydrogen-bond acceptors (Lipinski definition) is 2. The standard InChI is InChI=1S/C14H16BrNO2/c1-9-12-4-2-3-7-16(12)14(17)11-8-10(15)5-6-13(11)18-9/h5-6,8-9,12H,2-4,7H2,1H3/t9-,12+/m0/s1. The summed E-state index contributed by atoms with van der Waals surface area (Å²) in [4.78, 5) is 14.6. The molecule has 0 N–H and O–H groups in total. The Morgan fingerprint density at radius 2 is 2.22 bits per heavy atom. The fourth-order valence-corrected chi connectivity index (χ4v) is 3.26. The molecule has 1 amide bonds. The van der Waals surface area contributed by atoms with Gasteiger partial charge >= 0.3 is 0 Å². The van der Waals surface area contributed by atoms with E-state index in [1.54, 1.807) is 0 Å². The summed E-state index contributed by atoms with van der Waals surface area (Å²) >= 11 is 3.42. The first kappa shape index (κ1) is 12.0. The third kappa shape index (κ3) is 1.92. The van der Waals surface area contributed by atoms with E-state index in [0.717, 1.165) is 23.9 Å². The lowest BCUT2D eigenvalue weighted by molar-refractivity contribution is 0.0434. The van der Waals surface area contributed by atoms with Gasteiger partial charge in [-0.05, 0) is 44.4 Å². The summed E-state index contributed by atoms with van der Waals surface area (Å²) in [7, 11) is 0. The van der Waals surface area contributed by atoms with Crippen molar-refractivity contribution >= 4 is 21.8 Å². The van der Waals surface area contributed by atoms with Gasteiger partial charge in [-0.3, -0.25) is 4.79 Å². The van der Waals surface area contributed by atoms with E-state index in [0.29, 0.717) is 11.3 Å². The summed E-state index contributed by atoms with van der Waals surface area (Å²) in [5, 5.41) is 0. The topological polar surface area (TPSA) is 29.5 Å². The van der Waals surface area contributed by atoms with Crippen molar-refractivity contribution in [3.05, 3.63) is 28.2 Å². The number of nitrogens with zero attached hydrogens (tertiary/aromatic N) is 1. The fourth-order valence-electron chi connectivity index (χ4n) is 2.90. The molecule has 96 valence electrons. The third-order valence-corrected chi connectivity index (χ3v) is 4.33. The summed E-state index contributed by atoms with van der Waals surface area (Å²) in [5.74, 6) is 0.824. The lowest BCUT2D eigenvalue weighted by Gasteiger charge is -2.36. The Bertz CT molecular complexity index is 489. The van der Waals surface area contributed by atoms with E-state index in [2.05, 4.69) is 22.9 Å². The van der Waals surface area contributed by atoms with Crippen LogP contribution in [0.3, 0.4) is 0 Å². The summed E-state index contributed by atoms with van der Waals surface area (Å²) in [5.41, 5.74) is 0.681. The maximum absolute atomic E-state index is 12.6. The highest BCUT2D eigenvalue weighted by Gasteiger charge is 2.36. The van der Waals surface area contributed by atoms with Crippen LogP contribution in [0.1, 0.15) is 36.5 Å². The SMILES string of the molecule is C[C@@H]1Oc2ccc(Br)cc2C(=O)N2CCCC[C@H]12. The van der Waals surface area contributed by atoms with Crippen LogP contribution in [-0.2, 0) is 0 Å². The molecule has 0 saturated carbocycles. The van der Waals surface area contributed by atoms with Crippen LogP contribution in [0.25, 0.3) is 0 Å². The van der Waals surface area contributed by atoms with Crippen molar-refractivity contribution in [2.75, 3.05) is 6.54 Å². The molecule has 2 atom stereocenters. The lowest BCUT2D eigenvalue weighted by Crippen LogP contribution is -2.48. The van der Waals surface area contributed by atoms with Gasteiger partial charge in [0.25, 0.3) is 5.91 Å². The normalized spacial score (nSPS) is 27.0. The van der Waals surface area contributed by atoms with Crippen LogP contribution < -0.4 is 4.74 Å². The number of benzene rings is 1. The van der Waals surface area contributed by atoms with Gasteiger partial charge in [-0.1, -0.05) is 15.9 Å². The van der Waals surface area contributed by atoms with Gasteiger partial charge in [0.05, 0.1) is 11.6 Å². The molecule has 2 aliphatic heterocycles. The quantitative estimate of drug-likeness (QED) is 0.736. The average Bonchev–Trinajstić information content (AvgIpc) is 2.48. The molecule has 1 aromatic carbocycles. The zero-order valence-electron chi connectivity index (χ0n) is 10.4. The fraction of sp³-hybridized carbons (Fsp3) is 0.500. The van der Waals surface area contributed by atoms with Crippen molar-refractivity contribution in [1.82, 2.24) is 4.90 Å². The van der Waals surface area contributed by atoms with Crippen LogP contribution in [0, 0.1) is 0 Å². The Balaban J connectivity index is 2.06. The summed E-state index contributed by atoms with van der Waals surface area (Å²) in [6.07, 6.45) is 3.39. The molecular weight excluding hydrogens is 294 g/mol. The predicted octanol–water partition coefficient (Wildman–Crippen LogP) is 3.22. The highest BCUT2D eigenvalue weighted by molar-refractivity contribution is 9.10. The number of fused-ring (bicyclic) bond motifs is 2. The van der Waals surface area contributed by atoms with E-state index in [1.165, 1.54) is 6.42 Å². The molecule has 3 rings (SSSR count). The number of rotatable bonds is 0. The molecule has 3 nitrogen and oxygen atoms in total. The first-order valence-corrected chi connectivity index (χ1v) is 7.23. The first-order valence-electron chi connectivity index (χ1n) is 6.44. The number of piperidine rings is 1. The maximum Gasteiger partial charge on any atom is 0.258 e. The van der Waals surface area contributed by atoms with Crippen molar-refractivity contribution in [2.45, 2.75) is 38.3 Å². The molecule has 2 heterocycles. The van der Waals surface area contributed by atoms with Crippen molar-refractivity contribution in [1.29, 1.82) is 0 Å². The van der Waals surface area contributed by atoms with E-state index >= 15 is 0 Å². The minimum atomic E-state index is 0.0664. The number of carbonyl (C=O) groups is 1. The molecule has 1 aromatic rings. The highest BCUT2D eigenvalue weighted by atomic mass is 79.9. The van der Waals surface area contributed by atoms with Crippen LogP contribution in [-0.4, -0.2) is 29.5 Å². The molecule has 0 unspecified atom stereocenters. The Kier molecular flexibility index (Phi) is 3.06. The summed E-state index contributed by atoms with van der Waals surface area (Å²) in [6, 6.07) is 5.88. The van der Waals surface area contributed by atoms with Crippen molar-refractivity contribution in [3.63, 3.8) is 0 Å². The van der Waals surface area contributed by atoms with Crippen molar-refractivity contribution < 1.29 is 9.53 Å². The van der Waals surface area contributed by atoms with E-state index in [4.69, 9.17) is 4.74 Å². The van der Waals surface area contributed by atoms with Gasteiger partial charge in [0, 0.05) is 11.0 Å². The molecule has 0 aliphatic carbocycles. The largest absolute Gasteiger partial charge is 0.488 e. The van der Waals surface area contributed by atoms with Crippen LogP contribution in [0.4, 0.5) is 0 Å². The molecule has 18 heavy (non-hydrogen) atoms. The van der Waals surface area contributed by atoms with E-state index in [1.807, 2.05) is 23.1 Å². The van der Waals surface area contributed by atoms with Gasteiger partial charge in [0.1, 0.15) is 11.9 Å². The van der Waals surface area contributed by atoms with Crippen LogP contribution >= 0.6 is 15.9 Å². The predicted molar refractivity (Wildman–Crippen MR) is 72.9 cm³/mol. The molecule has 1 saturated heterocycles. The Morgan fingerprint density at radius 3 is 3.06 bits per heavy atom. The van der Waals surface area contributed by atoms with Crippen LogP contribution in [0.2, 0.25) is 0 Å². The smallest absolute Gasteiger partial charge is 0.258 e. The monoisotopic (exact) mass is 309 g/mol. The number of hydrogen-bond donors (Lipinski definition) is 0. The van der Waals surface area contributed by atoms with Gasteiger partial charge in [-0.2, -0.15) is 0 Å². The van der Waals surface area contributed by atoms with Crippen LogP contribution in [0.15, 0.2) is 22.7 Å². The Hall–Kier alpha value is -1.03. The Morgan fingerprint density at radius 1 is 1.39 bits per heavy atom. The zero-order valence-corrected chi connectivity index (χ0v) is 11.9. The number of amides is 1. The van der Waals surface area contributed by atoms with Gasteiger partial charge in [0.15, 0.2) is 0 Å². The zero-order chi connectivity index (χ0) is 12.7. The summed E-state index contributed by atoms with van der Waals surface area (Å²) in [6.45, 7) is 2.91. The van der Waals surface area contributed by atoms with Crippen molar-refractivity contribution in [2.24, 2.45) is 0 Å². The van der Waals surface area contributed by atoms with E-state index in [9.17, 15) is 4.79 Å². The van der Waals surface area contributed by atoms with Gasteiger partial charge in [-0.25, -0.2) is 0 Å². The lowest BCUT2D eigenvalue weighted by atomic mass is 9.98. The van der Waals surface area contributed by atoms with E-state index in [-0.39, 0.29) is 18.1 Å². The van der Waals surface area contributed by atoms with E-state index < -0.39 is 0 Å². The second-order valence-corrected chi connectivity index (χ2v) is 5.94. The molecule has 4 heteroatoms. The molecule has 0 bridgehead atoms. The molecule has 0 aromatic heterocycles. The second-order valence-electron chi connectivity index (χ2n) is 5.03. The molecular formula is C14H16BrNO2. The molecule has 1 fully saturated rings. The van der Waals surface area contributed by atoms with Crippen LogP contribution in [0.5, 0.6) is 5.75 Å². The number of halogens is 1. The number of carbonyl (C=O) groups excluding carboxylic acids is 1. The minimum Gasteiger partial charge on any atom is -0.488 e. The minimum absolute atomic E-state index is 0.0664. The second kappa shape index (κ2) is 4.57. The van der Waals surface area contributed by atoms with Gasteiger partial charge in [-0.15, -0.1) is 0 Å². The van der Waals surface area contributed by atoms with Gasteiger partial charge in [0.2, 0.25) is 0 Å². The van der Waals surface area contributed by atoms with Crippen molar-refractivity contribution in [3.8, 4) is 5.75 Å². The number of ether oxygens (including phenoxy) is 1. The molecule has 0 radical (unpaired) electrons. The molecule has 0 spiro atoms. The van der Waals surface area contributed by atoms with Gasteiger partial charge < -0.3 is 9.64 Å². The Labute approximate surface area is 115 Å². The average molecular weight is 310 g/mol. The highest BCUT2D eigenvalue weighted by Crippen LogP contribution is 2.33. The summed E-state index contributed by atoms with van der Waals surface area (Å²) < 4.78 is 6.89. The first-order chi connectivity index (χ1) is 8.66. The maximum atomic E-state index is 12.6. The third-order valence-electron chi connectivity index (χ3n) is 3.84.